The van der Waals surface area contributed by atoms with E-state index in [4.69, 9.17) is 0 Å². The number of fused-ring (bicyclic) bond motifs is 2. The smallest absolute Gasteiger partial charge is 0.0657 e. The lowest BCUT2D eigenvalue weighted by molar-refractivity contribution is 0.278. The average molecular weight is 434 g/mol. The quantitative estimate of drug-likeness (QED) is 0.451. The van der Waals surface area contributed by atoms with Crippen LogP contribution in [0, 0.1) is 0 Å². The van der Waals surface area contributed by atoms with E-state index in [9.17, 15) is 5.11 Å². The van der Waals surface area contributed by atoms with Crippen molar-refractivity contribution in [2.45, 2.75) is 6.54 Å². The van der Waals surface area contributed by atoms with E-state index in [2.05, 4.69) is 77.8 Å². The lowest BCUT2D eigenvalue weighted by atomic mass is 10.2. The standard InChI is InChI=1S/C18H14Br2N2O/c19-13-3-4-17-12(7-13)9-18(22(17)5-6-23)16-8-11-1-2-14(20)10-15(11)21-16/h1-4,7-10,21,23H,5-6H2. The fraction of sp³-hybridized carbons (Fsp3) is 0.111. The van der Waals surface area contributed by atoms with Gasteiger partial charge in [-0.05, 0) is 42.5 Å². The van der Waals surface area contributed by atoms with Crippen molar-refractivity contribution in [3.8, 4) is 11.4 Å². The number of hydrogen-bond donors (Lipinski definition) is 2. The van der Waals surface area contributed by atoms with Gasteiger partial charge in [0.2, 0.25) is 0 Å². The average Bonchev–Trinajstić information content (AvgIpc) is 3.08. The Morgan fingerprint density at radius 2 is 1.70 bits per heavy atom. The minimum absolute atomic E-state index is 0.110. The Hall–Kier alpha value is -1.56. The van der Waals surface area contributed by atoms with Crippen LogP contribution in [0.25, 0.3) is 33.2 Å². The summed E-state index contributed by atoms with van der Waals surface area (Å²) >= 11 is 7.04. The fourth-order valence-electron chi connectivity index (χ4n) is 3.04. The second kappa shape index (κ2) is 5.82. The molecule has 0 aliphatic rings. The molecular weight excluding hydrogens is 420 g/mol. The number of benzene rings is 2. The molecule has 0 aliphatic heterocycles. The highest BCUT2D eigenvalue weighted by atomic mass is 79.9. The van der Waals surface area contributed by atoms with Crippen LogP contribution in [-0.2, 0) is 6.54 Å². The summed E-state index contributed by atoms with van der Waals surface area (Å²) in [4.78, 5) is 3.48. The zero-order chi connectivity index (χ0) is 16.0. The van der Waals surface area contributed by atoms with Crippen LogP contribution in [0.4, 0.5) is 0 Å². The van der Waals surface area contributed by atoms with Crippen molar-refractivity contribution >= 4 is 53.7 Å². The predicted octanol–water partition coefficient (Wildman–Crippen LogP) is 5.31. The largest absolute Gasteiger partial charge is 0.395 e. The number of aliphatic hydroxyl groups is 1. The number of nitrogens with zero attached hydrogens (tertiary/aromatic N) is 1. The van der Waals surface area contributed by atoms with Gasteiger partial charge in [-0.3, -0.25) is 0 Å². The maximum absolute atomic E-state index is 9.45. The van der Waals surface area contributed by atoms with Crippen molar-refractivity contribution in [3.05, 3.63) is 57.5 Å². The Morgan fingerprint density at radius 1 is 0.913 bits per heavy atom. The van der Waals surface area contributed by atoms with Gasteiger partial charge in [0.1, 0.15) is 0 Å². The first-order valence-electron chi connectivity index (χ1n) is 7.34. The van der Waals surface area contributed by atoms with Gasteiger partial charge in [-0.25, -0.2) is 0 Å². The molecule has 0 saturated carbocycles. The van der Waals surface area contributed by atoms with E-state index in [1.54, 1.807) is 0 Å². The van der Waals surface area contributed by atoms with Gasteiger partial charge >= 0.3 is 0 Å². The van der Waals surface area contributed by atoms with Crippen LogP contribution < -0.4 is 0 Å². The molecule has 0 radical (unpaired) electrons. The summed E-state index contributed by atoms with van der Waals surface area (Å²) in [7, 11) is 0. The lowest BCUT2D eigenvalue weighted by Gasteiger charge is -2.07. The molecule has 0 bridgehead atoms. The van der Waals surface area contributed by atoms with Crippen molar-refractivity contribution in [2.24, 2.45) is 0 Å². The van der Waals surface area contributed by atoms with Gasteiger partial charge in [0.15, 0.2) is 0 Å². The highest BCUT2D eigenvalue weighted by molar-refractivity contribution is 9.10. The second-order valence-corrected chi connectivity index (χ2v) is 7.35. The number of rotatable bonds is 3. The predicted molar refractivity (Wildman–Crippen MR) is 102 cm³/mol. The summed E-state index contributed by atoms with van der Waals surface area (Å²) in [5.74, 6) is 0. The summed E-state index contributed by atoms with van der Waals surface area (Å²) in [6.07, 6.45) is 0. The number of aromatic amines is 1. The number of nitrogens with one attached hydrogen (secondary N) is 1. The Labute approximate surface area is 150 Å². The molecule has 0 unspecified atom stereocenters. The first-order chi connectivity index (χ1) is 11.2. The zero-order valence-corrected chi connectivity index (χ0v) is 15.4. The van der Waals surface area contributed by atoms with Crippen LogP contribution in [0.5, 0.6) is 0 Å². The van der Waals surface area contributed by atoms with Gasteiger partial charge in [-0.2, -0.15) is 0 Å². The summed E-state index contributed by atoms with van der Waals surface area (Å²) in [5, 5.41) is 11.8. The van der Waals surface area contributed by atoms with Gasteiger partial charge < -0.3 is 14.7 Å². The SMILES string of the molecule is OCCn1c(-c2cc3ccc(Br)cc3[nH]2)cc2cc(Br)ccc21. The maximum atomic E-state index is 9.45. The number of H-pyrrole nitrogens is 1. The van der Waals surface area contributed by atoms with E-state index in [1.165, 1.54) is 5.39 Å². The van der Waals surface area contributed by atoms with E-state index in [0.29, 0.717) is 6.54 Å². The molecule has 5 heteroatoms. The van der Waals surface area contributed by atoms with E-state index in [1.807, 2.05) is 12.1 Å². The molecule has 4 rings (SSSR count). The number of aliphatic hydroxyl groups excluding tert-OH is 1. The van der Waals surface area contributed by atoms with Crippen molar-refractivity contribution in [1.82, 2.24) is 9.55 Å². The summed E-state index contributed by atoms with van der Waals surface area (Å²) in [5.41, 5.74) is 4.35. The molecule has 2 N–H and O–H groups in total. The normalized spacial score (nSPS) is 11.6. The van der Waals surface area contributed by atoms with Gasteiger partial charge in [0.05, 0.1) is 18.0 Å². The minimum atomic E-state index is 0.110. The molecule has 3 nitrogen and oxygen atoms in total. The summed E-state index contributed by atoms with van der Waals surface area (Å²) in [6, 6.07) is 16.7. The molecule has 0 fully saturated rings. The van der Waals surface area contributed by atoms with E-state index >= 15 is 0 Å². The van der Waals surface area contributed by atoms with Crippen LogP contribution in [0.1, 0.15) is 0 Å². The third-order valence-electron chi connectivity index (χ3n) is 4.05. The van der Waals surface area contributed by atoms with Crippen LogP contribution in [0.2, 0.25) is 0 Å². The zero-order valence-electron chi connectivity index (χ0n) is 12.2. The van der Waals surface area contributed by atoms with Crippen LogP contribution >= 0.6 is 31.9 Å². The molecule has 23 heavy (non-hydrogen) atoms. The molecule has 116 valence electrons. The monoisotopic (exact) mass is 432 g/mol. The van der Waals surface area contributed by atoms with Gasteiger partial charge in [0, 0.05) is 37.3 Å². The molecule has 2 heterocycles. The highest BCUT2D eigenvalue weighted by Crippen LogP contribution is 2.32. The van der Waals surface area contributed by atoms with E-state index in [0.717, 1.165) is 36.8 Å². The number of aromatic nitrogens is 2. The minimum Gasteiger partial charge on any atom is -0.395 e. The second-order valence-electron chi connectivity index (χ2n) is 5.52. The molecule has 0 atom stereocenters. The first-order valence-corrected chi connectivity index (χ1v) is 8.92. The van der Waals surface area contributed by atoms with Crippen LogP contribution in [0.15, 0.2) is 57.5 Å². The molecule has 4 aromatic rings. The van der Waals surface area contributed by atoms with Crippen LogP contribution in [0.3, 0.4) is 0 Å². The third kappa shape index (κ3) is 2.63. The van der Waals surface area contributed by atoms with Gasteiger partial charge in [0.25, 0.3) is 0 Å². The molecule has 2 aromatic heterocycles. The molecule has 2 aromatic carbocycles. The Morgan fingerprint density at radius 3 is 2.52 bits per heavy atom. The number of halogens is 2. The highest BCUT2D eigenvalue weighted by Gasteiger charge is 2.13. The molecule has 0 saturated heterocycles. The maximum Gasteiger partial charge on any atom is 0.0657 e. The van der Waals surface area contributed by atoms with Crippen molar-refractivity contribution in [1.29, 1.82) is 0 Å². The van der Waals surface area contributed by atoms with E-state index < -0.39 is 0 Å². The Bertz CT molecular complexity index is 1020. The molecule has 0 aliphatic carbocycles. The molecule has 0 amide bonds. The Balaban J connectivity index is 1.96. The fourth-order valence-corrected chi connectivity index (χ4v) is 3.78. The Kier molecular flexibility index (Phi) is 3.79. The summed E-state index contributed by atoms with van der Waals surface area (Å²) < 4.78 is 4.26. The molecular formula is C18H14Br2N2O. The topological polar surface area (TPSA) is 41.0 Å². The van der Waals surface area contributed by atoms with Crippen molar-refractivity contribution in [2.75, 3.05) is 6.61 Å². The number of hydrogen-bond acceptors (Lipinski definition) is 1. The summed E-state index contributed by atoms with van der Waals surface area (Å²) in [6.45, 7) is 0.679. The molecule has 0 spiro atoms. The van der Waals surface area contributed by atoms with Gasteiger partial charge in [-0.15, -0.1) is 0 Å². The van der Waals surface area contributed by atoms with Crippen molar-refractivity contribution < 1.29 is 5.11 Å². The lowest BCUT2D eigenvalue weighted by Crippen LogP contribution is -2.03. The van der Waals surface area contributed by atoms with Crippen LogP contribution in [-0.4, -0.2) is 21.3 Å². The van der Waals surface area contributed by atoms with E-state index in [-0.39, 0.29) is 6.61 Å². The van der Waals surface area contributed by atoms with Crippen molar-refractivity contribution in [3.63, 3.8) is 0 Å². The first kappa shape index (κ1) is 15.0. The third-order valence-corrected chi connectivity index (χ3v) is 5.03. The van der Waals surface area contributed by atoms with Gasteiger partial charge in [-0.1, -0.05) is 37.9 Å².